The van der Waals surface area contributed by atoms with Crippen LogP contribution in [0.2, 0.25) is 5.02 Å². The summed E-state index contributed by atoms with van der Waals surface area (Å²) < 4.78 is 27.8. The van der Waals surface area contributed by atoms with E-state index in [9.17, 15) is 8.78 Å². The second kappa shape index (κ2) is 6.66. The van der Waals surface area contributed by atoms with E-state index in [2.05, 4.69) is 21.2 Å². The highest BCUT2D eigenvalue weighted by atomic mass is 79.9. The van der Waals surface area contributed by atoms with Gasteiger partial charge < -0.3 is 5.32 Å². The summed E-state index contributed by atoms with van der Waals surface area (Å²) in [6.45, 7) is 0. The van der Waals surface area contributed by atoms with Crippen molar-refractivity contribution in [2.24, 2.45) is 0 Å². The van der Waals surface area contributed by atoms with Crippen LogP contribution in [-0.4, -0.2) is 7.05 Å². The minimum Gasteiger partial charge on any atom is -0.313 e. The Bertz CT molecular complexity index is 619. The van der Waals surface area contributed by atoms with Gasteiger partial charge in [-0.25, -0.2) is 8.78 Å². The van der Waals surface area contributed by atoms with E-state index >= 15 is 0 Å². The first-order chi connectivity index (χ1) is 9.51. The van der Waals surface area contributed by atoms with Crippen LogP contribution in [0.15, 0.2) is 40.9 Å². The topological polar surface area (TPSA) is 12.0 Å². The fourth-order valence-corrected chi connectivity index (χ4v) is 2.56. The Morgan fingerprint density at radius 1 is 1.25 bits per heavy atom. The van der Waals surface area contributed by atoms with Crippen molar-refractivity contribution in [2.75, 3.05) is 7.05 Å². The van der Waals surface area contributed by atoms with Crippen LogP contribution in [0, 0.1) is 11.6 Å². The van der Waals surface area contributed by atoms with E-state index < -0.39 is 0 Å². The molecule has 0 aliphatic heterocycles. The smallest absolute Gasteiger partial charge is 0.129 e. The van der Waals surface area contributed by atoms with Crippen LogP contribution >= 0.6 is 27.5 Å². The van der Waals surface area contributed by atoms with E-state index in [1.165, 1.54) is 18.2 Å². The molecule has 0 fully saturated rings. The van der Waals surface area contributed by atoms with Crippen molar-refractivity contribution in [3.05, 3.63) is 68.7 Å². The van der Waals surface area contributed by atoms with E-state index in [0.717, 1.165) is 5.56 Å². The summed E-state index contributed by atoms with van der Waals surface area (Å²) in [5, 5.41) is 3.48. The van der Waals surface area contributed by atoms with Crippen LogP contribution in [0.3, 0.4) is 0 Å². The Morgan fingerprint density at radius 2 is 2.00 bits per heavy atom. The fraction of sp³-hybridized carbons (Fsp3) is 0.200. The van der Waals surface area contributed by atoms with Gasteiger partial charge in [0, 0.05) is 16.1 Å². The summed E-state index contributed by atoms with van der Waals surface area (Å²) in [5.74, 6) is -0.649. The lowest BCUT2D eigenvalue weighted by Crippen LogP contribution is -2.20. The largest absolute Gasteiger partial charge is 0.313 e. The maximum absolute atomic E-state index is 14.0. The minimum absolute atomic E-state index is 0.276. The number of nitrogens with one attached hydrogen (secondary N) is 1. The average Bonchev–Trinajstić information content (AvgIpc) is 2.40. The monoisotopic (exact) mass is 359 g/mol. The zero-order chi connectivity index (χ0) is 14.7. The molecular weight excluding hydrogens is 348 g/mol. The highest BCUT2D eigenvalue weighted by molar-refractivity contribution is 9.10. The molecule has 0 heterocycles. The SMILES string of the molecule is CNC(Cc1cccc(F)c1)c1cc(Cl)c(Br)cc1F. The third-order valence-electron chi connectivity index (χ3n) is 3.09. The van der Waals surface area contributed by atoms with E-state index in [1.807, 2.05) is 6.07 Å². The molecule has 1 atom stereocenters. The van der Waals surface area contributed by atoms with Crippen molar-refractivity contribution in [1.82, 2.24) is 5.32 Å². The molecule has 1 unspecified atom stereocenters. The lowest BCUT2D eigenvalue weighted by Gasteiger charge is -2.18. The molecule has 0 saturated carbocycles. The number of benzene rings is 2. The van der Waals surface area contributed by atoms with Crippen LogP contribution in [0.4, 0.5) is 8.78 Å². The summed E-state index contributed by atoms with van der Waals surface area (Å²) in [4.78, 5) is 0. The molecule has 1 N–H and O–H groups in total. The first-order valence-corrected chi connectivity index (χ1v) is 7.24. The summed E-state index contributed by atoms with van der Waals surface area (Å²) >= 11 is 9.20. The van der Waals surface area contributed by atoms with Crippen molar-refractivity contribution in [1.29, 1.82) is 0 Å². The van der Waals surface area contributed by atoms with Gasteiger partial charge in [0.05, 0.1) is 5.02 Å². The third kappa shape index (κ3) is 3.57. The molecule has 1 nitrogen and oxygen atoms in total. The molecule has 0 amide bonds. The Morgan fingerprint density at radius 3 is 2.65 bits per heavy atom. The van der Waals surface area contributed by atoms with Crippen molar-refractivity contribution in [2.45, 2.75) is 12.5 Å². The predicted molar refractivity (Wildman–Crippen MR) is 81.0 cm³/mol. The van der Waals surface area contributed by atoms with E-state index in [-0.39, 0.29) is 17.7 Å². The molecule has 0 saturated heterocycles. The van der Waals surface area contributed by atoms with Crippen LogP contribution in [-0.2, 0) is 6.42 Å². The summed E-state index contributed by atoms with van der Waals surface area (Å²) in [6.07, 6.45) is 0.475. The zero-order valence-electron chi connectivity index (χ0n) is 10.8. The maximum Gasteiger partial charge on any atom is 0.129 e. The van der Waals surface area contributed by atoms with Gasteiger partial charge in [0.15, 0.2) is 0 Å². The molecule has 0 aromatic heterocycles. The molecule has 0 spiro atoms. The quantitative estimate of drug-likeness (QED) is 0.766. The Labute approximate surface area is 130 Å². The Hall–Kier alpha value is -0.970. The first kappa shape index (κ1) is 15.4. The fourth-order valence-electron chi connectivity index (χ4n) is 2.07. The van der Waals surface area contributed by atoms with Crippen molar-refractivity contribution in [3.8, 4) is 0 Å². The Balaban J connectivity index is 2.31. The number of rotatable bonds is 4. The normalized spacial score (nSPS) is 12.4. The highest BCUT2D eigenvalue weighted by Crippen LogP contribution is 2.30. The van der Waals surface area contributed by atoms with Gasteiger partial charge in [-0.15, -0.1) is 0 Å². The summed E-state index contributed by atoms with van der Waals surface area (Å²) in [5.41, 5.74) is 1.26. The standard InChI is InChI=1S/C15H13BrClF2N/c1-20-15(6-9-3-2-4-10(18)5-9)11-7-13(17)12(16)8-14(11)19/h2-5,7-8,15,20H,6H2,1H3. The predicted octanol–water partition coefficient (Wildman–Crippen LogP) is 4.88. The van der Waals surface area contributed by atoms with Gasteiger partial charge in [0.25, 0.3) is 0 Å². The third-order valence-corrected chi connectivity index (χ3v) is 4.29. The highest BCUT2D eigenvalue weighted by Gasteiger charge is 2.17. The second-order valence-corrected chi connectivity index (χ2v) is 5.72. The molecule has 0 aliphatic carbocycles. The van der Waals surface area contributed by atoms with Gasteiger partial charge in [-0.05, 0) is 59.2 Å². The van der Waals surface area contributed by atoms with Crippen molar-refractivity contribution >= 4 is 27.5 Å². The molecule has 20 heavy (non-hydrogen) atoms. The van der Waals surface area contributed by atoms with E-state index in [1.54, 1.807) is 19.2 Å². The number of halogens is 4. The molecule has 106 valence electrons. The van der Waals surface area contributed by atoms with E-state index in [0.29, 0.717) is 21.5 Å². The van der Waals surface area contributed by atoms with Crippen LogP contribution < -0.4 is 5.32 Å². The first-order valence-electron chi connectivity index (χ1n) is 6.07. The molecule has 2 rings (SSSR count). The number of likely N-dealkylation sites (N-methyl/N-ethyl adjacent to an activating group) is 1. The Kier molecular flexibility index (Phi) is 5.13. The number of hydrogen-bond donors (Lipinski definition) is 1. The molecular formula is C15H13BrClF2N. The van der Waals surface area contributed by atoms with Crippen molar-refractivity contribution in [3.63, 3.8) is 0 Å². The average molecular weight is 361 g/mol. The maximum atomic E-state index is 14.0. The van der Waals surface area contributed by atoms with Crippen LogP contribution in [0.25, 0.3) is 0 Å². The van der Waals surface area contributed by atoms with Crippen LogP contribution in [0.1, 0.15) is 17.2 Å². The molecule has 2 aromatic carbocycles. The van der Waals surface area contributed by atoms with Crippen LogP contribution in [0.5, 0.6) is 0 Å². The molecule has 2 aromatic rings. The molecule has 0 bridgehead atoms. The molecule has 5 heteroatoms. The van der Waals surface area contributed by atoms with E-state index in [4.69, 9.17) is 11.6 Å². The van der Waals surface area contributed by atoms with Gasteiger partial charge in [0.1, 0.15) is 11.6 Å². The van der Waals surface area contributed by atoms with Crippen molar-refractivity contribution < 1.29 is 8.78 Å². The molecule has 0 radical (unpaired) electrons. The zero-order valence-corrected chi connectivity index (χ0v) is 13.1. The van der Waals surface area contributed by atoms with Gasteiger partial charge in [-0.1, -0.05) is 23.7 Å². The summed E-state index contributed by atoms with van der Waals surface area (Å²) in [7, 11) is 1.74. The minimum atomic E-state index is -0.350. The lowest BCUT2D eigenvalue weighted by atomic mass is 9.98. The van der Waals surface area contributed by atoms with Gasteiger partial charge in [-0.2, -0.15) is 0 Å². The van der Waals surface area contributed by atoms with Gasteiger partial charge >= 0.3 is 0 Å². The lowest BCUT2D eigenvalue weighted by molar-refractivity contribution is 0.532. The second-order valence-electron chi connectivity index (χ2n) is 4.46. The summed E-state index contributed by atoms with van der Waals surface area (Å²) in [6, 6.07) is 8.93. The molecule has 0 aliphatic rings. The van der Waals surface area contributed by atoms with Gasteiger partial charge in [-0.3, -0.25) is 0 Å². The van der Waals surface area contributed by atoms with Gasteiger partial charge in [0.2, 0.25) is 0 Å². The number of hydrogen-bond acceptors (Lipinski definition) is 1.